The second-order valence-electron chi connectivity index (χ2n) is 6.25. The van der Waals surface area contributed by atoms with Crippen molar-refractivity contribution in [1.82, 2.24) is 20.5 Å². The van der Waals surface area contributed by atoms with Crippen LogP contribution in [-0.2, 0) is 9.84 Å². The van der Waals surface area contributed by atoms with E-state index in [-0.39, 0.29) is 5.75 Å². The zero-order valence-electron chi connectivity index (χ0n) is 12.5. The molecule has 21 heavy (non-hydrogen) atoms. The molecule has 1 aromatic heterocycles. The molecule has 0 amide bonds. The molecule has 2 saturated heterocycles. The maximum atomic E-state index is 12.2. The molecule has 3 atom stereocenters. The van der Waals surface area contributed by atoms with E-state index in [1.807, 2.05) is 0 Å². The highest BCUT2D eigenvalue weighted by molar-refractivity contribution is 7.91. The summed E-state index contributed by atoms with van der Waals surface area (Å²) < 4.78 is 24.3. The van der Waals surface area contributed by atoms with Gasteiger partial charge in [0.25, 0.3) is 0 Å². The molecule has 0 radical (unpaired) electrons. The summed E-state index contributed by atoms with van der Waals surface area (Å²) in [7, 11) is -3.08. The van der Waals surface area contributed by atoms with Crippen molar-refractivity contribution in [2.45, 2.75) is 50.4 Å². The van der Waals surface area contributed by atoms with Crippen molar-refractivity contribution < 1.29 is 8.42 Å². The van der Waals surface area contributed by atoms with Gasteiger partial charge in [-0.25, -0.2) is 8.42 Å². The Morgan fingerprint density at radius 3 is 2.57 bits per heavy atom. The lowest BCUT2D eigenvalue weighted by molar-refractivity contribution is 0.403. The van der Waals surface area contributed by atoms with Crippen LogP contribution in [0.3, 0.4) is 0 Å². The van der Waals surface area contributed by atoms with Crippen molar-refractivity contribution in [3.05, 3.63) is 5.82 Å². The molecule has 8 heteroatoms. The van der Waals surface area contributed by atoms with E-state index in [1.165, 1.54) is 0 Å². The summed E-state index contributed by atoms with van der Waals surface area (Å²) in [5, 5.41) is 10.1. The Kier molecular flexibility index (Phi) is 3.92. The number of piperazine rings is 1. The fourth-order valence-corrected chi connectivity index (χ4v) is 5.16. The molecule has 0 aromatic carbocycles. The number of aromatic nitrogens is 3. The van der Waals surface area contributed by atoms with E-state index in [9.17, 15) is 8.42 Å². The third-order valence-electron chi connectivity index (χ3n) is 4.21. The fraction of sp³-hybridized carbons (Fsp3) is 0.846. The van der Waals surface area contributed by atoms with Gasteiger partial charge in [-0.15, -0.1) is 5.10 Å². The lowest BCUT2D eigenvalue weighted by Gasteiger charge is -2.35. The van der Waals surface area contributed by atoms with Crippen molar-refractivity contribution in [3.63, 3.8) is 0 Å². The van der Waals surface area contributed by atoms with Crippen LogP contribution >= 0.6 is 0 Å². The number of aromatic amines is 1. The minimum atomic E-state index is -3.08. The summed E-state index contributed by atoms with van der Waals surface area (Å²) in [5.74, 6) is 1.38. The number of hydrogen-bond acceptors (Lipinski definition) is 6. The van der Waals surface area contributed by atoms with Crippen molar-refractivity contribution >= 4 is 15.8 Å². The predicted molar refractivity (Wildman–Crippen MR) is 81.0 cm³/mol. The van der Waals surface area contributed by atoms with Crippen LogP contribution in [0.4, 0.5) is 5.95 Å². The first-order valence-corrected chi connectivity index (χ1v) is 9.32. The molecule has 2 aliphatic heterocycles. The molecule has 118 valence electrons. The normalized spacial score (nSPS) is 33.0. The number of rotatable bonds is 2. The SMILES string of the molecule is CC1CN(c2n[nH]c(C3CCCCS3(=O)=O)n2)CC(C)N1. The second-order valence-corrected chi connectivity index (χ2v) is 8.55. The molecule has 7 nitrogen and oxygen atoms in total. The third-order valence-corrected chi connectivity index (χ3v) is 6.40. The van der Waals surface area contributed by atoms with Crippen LogP contribution in [0.5, 0.6) is 0 Å². The number of sulfone groups is 1. The summed E-state index contributed by atoms with van der Waals surface area (Å²) in [6.07, 6.45) is 2.33. The summed E-state index contributed by atoms with van der Waals surface area (Å²) in [6.45, 7) is 5.92. The smallest absolute Gasteiger partial charge is 0.244 e. The van der Waals surface area contributed by atoms with Gasteiger partial charge in [-0.3, -0.25) is 5.10 Å². The van der Waals surface area contributed by atoms with Crippen LogP contribution in [0, 0.1) is 0 Å². The first kappa shape index (κ1) is 14.8. The highest BCUT2D eigenvalue weighted by atomic mass is 32.2. The van der Waals surface area contributed by atoms with Crippen molar-refractivity contribution in [2.75, 3.05) is 23.7 Å². The summed E-state index contributed by atoms with van der Waals surface area (Å²) in [5.41, 5.74) is 0. The van der Waals surface area contributed by atoms with Crippen LogP contribution in [0.1, 0.15) is 44.2 Å². The van der Waals surface area contributed by atoms with Gasteiger partial charge in [-0.1, -0.05) is 6.42 Å². The molecular weight excluding hydrogens is 290 g/mol. The van der Waals surface area contributed by atoms with Crippen molar-refractivity contribution in [3.8, 4) is 0 Å². The Labute approximate surface area is 125 Å². The standard InChI is InChI=1S/C13H23N5O2S/c1-9-7-18(8-10(2)14-9)13-15-12(16-17-13)11-5-3-4-6-21(11,19)20/h9-11,14H,3-8H2,1-2H3,(H,15,16,17). The number of nitrogens with one attached hydrogen (secondary N) is 2. The Morgan fingerprint density at radius 1 is 1.19 bits per heavy atom. The van der Waals surface area contributed by atoms with Gasteiger partial charge in [0.2, 0.25) is 5.95 Å². The maximum Gasteiger partial charge on any atom is 0.244 e. The Balaban J connectivity index is 1.80. The molecule has 2 fully saturated rings. The lowest BCUT2D eigenvalue weighted by Crippen LogP contribution is -2.54. The van der Waals surface area contributed by atoms with Gasteiger partial charge in [0.15, 0.2) is 9.84 Å². The zero-order valence-corrected chi connectivity index (χ0v) is 13.4. The molecule has 1 aromatic rings. The highest BCUT2D eigenvalue weighted by Gasteiger charge is 2.33. The molecule has 3 rings (SSSR count). The predicted octanol–water partition coefficient (Wildman–Crippen LogP) is 0.631. The Bertz CT molecular complexity index is 589. The van der Waals surface area contributed by atoms with E-state index in [4.69, 9.17) is 0 Å². The van der Waals surface area contributed by atoms with Crippen LogP contribution < -0.4 is 10.2 Å². The lowest BCUT2D eigenvalue weighted by atomic mass is 10.1. The summed E-state index contributed by atoms with van der Waals surface area (Å²) in [6, 6.07) is 0.739. The minimum Gasteiger partial charge on any atom is -0.336 e. The van der Waals surface area contributed by atoms with E-state index < -0.39 is 15.1 Å². The average Bonchev–Trinajstić information content (AvgIpc) is 2.86. The quantitative estimate of drug-likeness (QED) is 0.832. The molecule has 0 aliphatic carbocycles. The summed E-state index contributed by atoms with van der Waals surface area (Å²) >= 11 is 0. The molecule has 2 aliphatic rings. The average molecular weight is 313 g/mol. The summed E-state index contributed by atoms with van der Waals surface area (Å²) in [4.78, 5) is 6.59. The zero-order chi connectivity index (χ0) is 15.0. The van der Waals surface area contributed by atoms with E-state index in [0.29, 0.717) is 30.3 Å². The monoisotopic (exact) mass is 313 g/mol. The minimum absolute atomic E-state index is 0.259. The highest BCUT2D eigenvalue weighted by Crippen LogP contribution is 2.32. The van der Waals surface area contributed by atoms with E-state index in [1.54, 1.807) is 0 Å². The van der Waals surface area contributed by atoms with Crippen LogP contribution in [0.2, 0.25) is 0 Å². The number of anilines is 1. The number of hydrogen-bond donors (Lipinski definition) is 2. The molecule has 0 saturated carbocycles. The van der Waals surface area contributed by atoms with Gasteiger partial charge in [-0.05, 0) is 26.7 Å². The van der Waals surface area contributed by atoms with Gasteiger partial charge in [-0.2, -0.15) is 4.98 Å². The first-order chi connectivity index (χ1) is 9.95. The van der Waals surface area contributed by atoms with E-state index >= 15 is 0 Å². The molecule has 0 bridgehead atoms. The van der Waals surface area contributed by atoms with Crippen LogP contribution in [0.15, 0.2) is 0 Å². The van der Waals surface area contributed by atoms with Gasteiger partial charge in [0.05, 0.1) is 5.75 Å². The third kappa shape index (κ3) is 3.06. The number of nitrogens with zero attached hydrogens (tertiary/aromatic N) is 3. The first-order valence-electron chi connectivity index (χ1n) is 7.60. The van der Waals surface area contributed by atoms with Crippen molar-refractivity contribution in [1.29, 1.82) is 0 Å². The Morgan fingerprint density at radius 2 is 1.90 bits per heavy atom. The fourth-order valence-electron chi connectivity index (χ4n) is 3.30. The topological polar surface area (TPSA) is 91.0 Å². The van der Waals surface area contributed by atoms with Gasteiger partial charge < -0.3 is 10.2 Å². The van der Waals surface area contributed by atoms with Crippen molar-refractivity contribution in [2.24, 2.45) is 0 Å². The Hall–Kier alpha value is -1.15. The molecule has 3 heterocycles. The van der Waals surface area contributed by atoms with E-state index in [0.717, 1.165) is 25.9 Å². The molecule has 0 spiro atoms. The molecule has 2 N–H and O–H groups in total. The molecular formula is C13H23N5O2S. The van der Waals surface area contributed by atoms with E-state index in [2.05, 4.69) is 39.2 Å². The van der Waals surface area contributed by atoms with Gasteiger partial charge in [0.1, 0.15) is 11.1 Å². The van der Waals surface area contributed by atoms with Gasteiger partial charge >= 0.3 is 0 Å². The number of H-pyrrole nitrogens is 1. The van der Waals surface area contributed by atoms with Gasteiger partial charge in [0, 0.05) is 25.2 Å². The second kappa shape index (κ2) is 5.57. The van der Waals surface area contributed by atoms with Crippen LogP contribution in [-0.4, -0.2) is 54.5 Å². The van der Waals surface area contributed by atoms with Crippen LogP contribution in [0.25, 0.3) is 0 Å². The maximum absolute atomic E-state index is 12.2. The molecule has 3 unspecified atom stereocenters. The largest absolute Gasteiger partial charge is 0.336 e.